The van der Waals surface area contributed by atoms with Gasteiger partial charge in [0.05, 0.1) is 24.3 Å². The van der Waals surface area contributed by atoms with Crippen molar-refractivity contribution in [3.63, 3.8) is 0 Å². The average molecular weight is 382 g/mol. The molecule has 0 aromatic carbocycles. The molecule has 0 aliphatic carbocycles. The number of H-pyrrole nitrogens is 1. The summed E-state index contributed by atoms with van der Waals surface area (Å²) < 4.78 is 33.1. The fourth-order valence-corrected chi connectivity index (χ4v) is 3.34. The van der Waals surface area contributed by atoms with Crippen LogP contribution in [0.1, 0.15) is 24.2 Å². The molecule has 0 saturated carbocycles. The number of halogens is 1. The zero-order chi connectivity index (χ0) is 17.0. The van der Waals surface area contributed by atoms with E-state index in [0.717, 1.165) is 0 Å². The van der Waals surface area contributed by atoms with Crippen LogP contribution in [0.2, 0.25) is 0 Å². The van der Waals surface area contributed by atoms with E-state index < -0.39 is 21.9 Å². The Morgan fingerprint density at radius 2 is 2.00 bits per heavy atom. The van der Waals surface area contributed by atoms with Crippen LogP contribution in [0.4, 0.5) is 0 Å². The van der Waals surface area contributed by atoms with E-state index >= 15 is 0 Å². The molecule has 11 heteroatoms. The summed E-state index contributed by atoms with van der Waals surface area (Å²) in [7, 11) is -3.06. The van der Waals surface area contributed by atoms with E-state index in [1.165, 1.54) is 18.0 Å². The SMILES string of the molecule is CCOC(=O)c1cn[nH]c1OC(C)C(=O)N1CCS(=O)(=O)CC1.Cl. The van der Waals surface area contributed by atoms with Crippen molar-refractivity contribution in [2.75, 3.05) is 31.2 Å². The highest BCUT2D eigenvalue weighted by Gasteiger charge is 2.30. The number of ether oxygens (including phenoxy) is 2. The molecule has 0 bridgehead atoms. The Morgan fingerprint density at radius 3 is 2.58 bits per heavy atom. The number of amides is 1. The van der Waals surface area contributed by atoms with E-state index in [1.54, 1.807) is 6.92 Å². The summed E-state index contributed by atoms with van der Waals surface area (Å²) in [6.07, 6.45) is 0.377. The molecule has 136 valence electrons. The highest BCUT2D eigenvalue weighted by Crippen LogP contribution is 2.18. The maximum Gasteiger partial charge on any atom is 0.345 e. The van der Waals surface area contributed by atoms with Crippen molar-refractivity contribution in [2.45, 2.75) is 20.0 Å². The zero-order valence-corrected chi connectivity index (χ0v) is 15.0. The lowest BCUT2D eigenvalue weighted by Gasteiger charge is -2.29. The lowest BCUT2D eigenvalue weighted by molar-refractivity contribution is -0.137. The summed E-state index contributed by atoms with van der Waals surface area (Å²) in [5.41, 5.74) is 0.104. The Kier molecular flexibility index (Phi) is 7.03. The van der Waals surface area contributed by atoms with Crippen LogP contribution >= 0.6 is 12.4 Å². The largest absolute Gasteiger partial charge is 0.464 e. The van der Waals surface area contributed by atoms with Crippen molar-refractivity contribution in [3.8, 4) is 5.88 Å². The molecule has 1 aliphatic rings. The van der Waals surface area contributed by atoms with Crippen LogP contribution in [-0.2, 0) is 19.4 Å². The summed E-state index contributed by atoms with van der Waals surface area (Å²) in [6.45, 7) is 3.70. The monoisotopic (exact) mass is 381 g/mol. The van der Waals surface area contributed by atoms with Gasteiger partial charge in [-0.25, -0.2) is 18.3 Å². The van der Waals surface area contributed by atoms with Gasteiger partial charge >= 0.3 is 5.97 Å². The van der Waals surface area contributed by atoms with Gasteiger partial charge in [-0.3, -0.25) is 4.79 Å². The third-order valence-electron chi connectivity index (χ3n) is 3.40. The van der Waals surface area contributed by atoms with Gasteiger partial charge in [0.25, 0.3) is 5.91 Å². The smallest absolute Gasteiger partial charge is 0.345 e. The van der Waals surface area contributed by atoms with Crippen LogP contribution in [0.3, 0.4) is 0 Å². The van der Waals surface area contributed by atoms with E-state index in [0.29, 0.717) is 0 Å². The van der Waals surface area contributed by atoms with Crippen molar-refractivity contribution < 1.29 is 27.5 Å². The van der Waals surface area contributed by atoms with E-state index in [9.17, 15) is 18.0 Å². The number of hydrogen-bond acceptors (Lipinski definition) is 7. The minimum absolute atomic E-state index is 0. The number of esters is 1. The topological polar surface area (TPSA) is 119 Å². The van der Waals surface area contributed by atoms with Gasteiger partial charge < -0.3 is 14.4 Å². The number of rotatable bonds is 5. The summed E-state index contributed by atoms with van der Waals surface area (Å²) in [5, 5.41) is 6.22. The van der Waals surface area contributed by atoms with Crippen LogP contribution in [0.15, 0.2) is 6.20 Å². The first-order valence-electron chi connectivity index (χ1n) is 7.20. The molecule has 0 spiro atoms. The van der Waals surface area contributed by atoms with Gasteiger partial charge in [-0.05, 0) is 13.8 Å². The molecule has 1 atom stereocenters. The first-order chi connectivity index (χ1) is 10.8. The molecule has 9 nitrogen and oxygen atoms in total. The van der Waals surface area contributed by atoms with E-state index in [-0.39, 0.29) is 61.0 Å². The summed E-state index contributed by atoms with van der Waals surface area (Å²) in [6, 6.07) is 0. The fourth-order valence-electron chi connectivity index (χ4n) is 2.14. The second-order valence-electron chi connectivity index (χ2n) is 5.07. The molecule has 2 heterocycles. The molecule has 1 amide bonds. The number of nitrogens with one attached hydrogen (secondary N) is 1. The van der Waals surface area contributed by atoms with Gasteiger partial charge in [0.15, 0.2) is 15.9 Å². The standard InChI is InChI=1S/C13H19N3O6S.ClH/c1-3-21-13(18)10-8-14-15-11(10)22-9(2)12(17)16-4-6-23(19,20)7-5-16;/h8-9H,3-7H2,1-2H3,(H,14,15);1H. The van der Waals surface area contributed by atoms with Crippen molar-refractivity contribution in [1.82, 2.24) is 15.1 Å². The number of nitrogens with zero attached hydrogens (tertiary/aromatic N) is 2. The Balaban J connectivity index is 0.00000288. The molecule has 1 aromatic heterocycles. The lowest BCUT2D eigenvalue weighted by Crippen LogP contribution is -2.48. The van der Waals surface area contributed by atoms with Gasteiger partial charge in [0, 0.05) is 13.1 Å². The molecule has 1 aliphatic heterocycles. The number of aromatic amines is 1. The maximum absolute atomic E-state index is 12.3. The Bertz CT molecular complexity index is 676. The molecule has 1 N–H and O–H groups in total. The highest BCUT2D eigenvalue weighted by atomic mass is 35.5. The second kappa shape index (κ2) is 8.34. The van der Waals surface area contributed by atoms with Crippen molar-refractivity contribution in [2.24, 2.45) is 0 Å². The average Bonchev–Trinajstić information content (AvgIpc) is 2.95. The Labute approximate surface area is 146 Å². The first-order valence-corrected chi connectivity index (χ1v) is 9.02. The first kappa shape index (κ1) is 20.2. The fraction of sp³-hybridized carbons (Fsp3) is 0.615. The molecule has 1 fully saturated rings. The predicted molar refractivity (Wildman–Crippen MR) is 87.1 cm³/mol. The zero-order valence-electron chi connectivity index (χ0n) is 13.4. The van der Waals surface area contributed by atoms with Gasteiger partial charge in [-0.2, -0.15) is 5.10 Å². The Hall–Kier alpha value is -1.81. The van der Waals surface area contributed by atoms with Crippen LogP contribution in [0, 0.1) is 0 Å². The Morgan fingerprint density at radius 1 is 1.38 bits per heavy atom. The molecular formula is C13H20ClN3O6S. The van der Waals surface area contributed by atoms with Crippen LogP contribution < -0.4 is 4.74 Å². The predicted octanol–water partition coefficient (Wildman–Crippen LogP) is 0.0325. The van der Waals surface area contributed by atoms with Gasteiger partial charge in [0.1, 0.15) is 5.56 Å². The van der Waals surface area contributed by atoms with Gasteiger partial charge in [-0.15, -0.1) is 12.4 Å². The minimum Gasteiger partial charge on any atom is -0.464 e. The molecule has 1 saturated heterocycles. The third kappa shape index (κ3) is 4.84. The van der Waals surface area contributed by atoms with Crippen LogP contribution in [-0.4, -0.2) is 72.7 Å². The molecular weight excluding hydrogens is 362 g/mol. The lowest BCUT2D eigenvalue weighted by atomic mass is 10.3. The molecule has 24 heavy (non-hydrogen) atoms. The number of aromatic nitrogens is 2. The van der Waals surface area contributed by atoms with Crippen LogP contribution in [0.25, 0.3) is 0 Å². The quantitative estimate of drug-likeness (QED) is 0.715. The van der Waals surface area contributed by atoms with Crippen molar-refractivity contribution in [1.29, 1.82) is 0 Å². The van der Waals surface area contributed by atoms with E-state index in [2.05, 4.69) is 10.2 Å². The maximum atomic E-state index is 12.3. The van der Waals surface area contributed by atoms with Crippen molar-refractivity contribution >= 4 is 34.1 Å². The number of sulfone groups is 1. The minimum atomic E-state index is -3.06. The molecule has 1 unspecified atom stereocenters. The number of carbonyl (C=O) groups is 2. The molecule has 0 radical (unpaired) electrons. The van der Waals surface area contributed by atoms with Crippen molar-refractivity contribution in [3.05, 3.63) is 11.8 Å². The summed E-state index contributed by atoms with van der Waals surface area (Å²) in [4.78, 5) is 25.5. The number of carbonyl (C=O) groups excluding carboxylic acids is 2. The molecule has 1 aromatic rings. The van der Waals surface area contributed by atoms with Gasteiger partial charge in [-0.1, -0.05) is 0 Å². The van der Waals surface area contributed by atoms with E-state index in [4.69, 9.17) is 9.47 Å². The van der Waals surface area contributed by atoms with E-state index in [1.807, 2.05) is 0 Å². The normalized spacial score (nSPS) is 17.5. The van der Waals surface area contributed by atoms with Gasteiger partial charge in [0.2, 0.25) is 5.88 Å². The van der Waals surface area contributed by atoms with Crippen LogP contribution in [0.5, 0.6) is 5.88 Å². The number of hydrogen-bond donors (Lipinski definition) is 1. The highest BCUT2D eigenvalue weighted by molar-refractivity contribution is 7.91. The second-order valence-corrected chi connectivity index (χ2v) is 7.37. The third-order valence-corrected chi connectivity index (χ3v) is 5.01. The summed E-state index contributed by atoms with van der Waals surface area (Å²) in [5.74, 6) is -0.995. The summed E-state index contributed by atoms with van der Waals surface area (Å²) >= 11 is 0. The molecule has 2 rings (SSSR count).